The predicted molar refractivity (Wildman–Crippen MR) is 87.1 cm³/mol. The first-order chi connectivity index (χ1) is 10.2. The monoisotopic (exact) mass is 362 g/mol. The van der Waals surface area contributed by atoms with Gasteiger partial charge in [-0.1, -0.05) is 30.3 Å². The highest BCUT2D eigenvalue weighted by Gasteiger charge is 2.14. The summed E-state index contributed by atoms with van der Waals surface area (Å²) >= 11 is 9.68. The molecule has 4 heteroatoms. The molecule has 0 aliphatic heterocycles. The van der Waals surface area contributed by atoms with Gasteiger partial charge in [-0.05, 0) is 57.9 Å². The Morgan fingerprint density at radius 1 is 0.857 bits per heavy atom. The van der Waals surface area contributed by atoms with Gasteiger partial charge in [0, 0.05) is 0 Å². The molecule has 0 bridgehead atoms. The van der Waals surface area contributed by atoms with Crippen molar-refractivity contribution < 1.29 is 9.15 Å². The van der Waals surface area contributed by atoms with Crippen LogP contribution in [-0.2, 0) is 0 Å². The van der Waals surface area contributed by atoms with Crippen LogP contribution in [-0.4, -0.2) is 0 Å². The molecule has 2 aromatic carbocycles. The summed E-state index contributed by atoms with van der Waals surface area (Å²) in [5.74, 6) is 2.29. The number of benzene rings is 2. The van der Waals surface area contributed by atoms with Crippen molar-refractivity contribution in [2.45, 2.75) is 5.38 Å². The molecule has 0 spiro atoms. The standard InChI is InChI=1S/C17H12BrClO2/c18-16-11-10-15(21-16)17(19)12-6-8-14(9-7-12)20-13-4-2-1-3-5-13/h1-11,17H. The Morgan fingerprint density at radius 3 is 2.14 bits per heavy atom. The summed E-state index contributed by atoms with van der Waals surface area (Å²) in [6.07, 6.45) is 0. The van der Waals surface area contributed by atoms with Crippen LogP contribution in [0, 0.1) is 0 Å². The van der Waals surface area contributed by atoms with E-state index in [1.807, 2.05) is 66.7 Å². The molecular weight excluding hydrogens is 352 g/mol. The van der Waals surface area contributed by atoms with Crippen LogP contribution in [0.25, 0.3) is 0 Å². The van der Waals surface area contributed by atoms with Gasteiger partial charge in [0.15, 0.2) is 4.67 Å². The predicted octanol–water partition coefficient (Wildman–Crippen LogP) is 6.16. The molecule has 1 aromatic heterocycles. The molecule has 0 aliphatic carbocycles. The van der Waals surface area contributed by atoms with E-state index in [0.717, 1.165) is 17.1 Å². The van der Waals surface area contributed by atoms with Crippen molar-refractivity contribution in [3.8, 4) is 11.5 Å². The maximum Gasteiger partial charge on any atom is 0.169 e. The van der Waals surface area contributed by atoms with Crippen LogP contribution in [0.2, 0.25) is 0 Å². The SMILES string of the molecule is ClC(c1ccc(Oc2ccccc2)cc1)c1ccc(Br)o1. The molecule has 0 radical (unpaired) electrons. The van der Waals surface area contributed by atoms with Crippen molar-refractivity contribution in [3.05, 3.63) is 82.7 Å². The van der Waals surface area contributed by atoms with Gasteiger partial charge < -0.3 is 9.15 Å². The van der Waals surface area contributed by atoms with Crippen LogP contribution in [0.15, 0.2) is 75.8 Å². The maximum atomic E-state index is 6.40. The molecule has 0 saturated carbocycles. The molecule has 0 N–H and O–H groups in total. The lowest BCUT2D eigenvalue weighted by atomic mass is 10.1. The van der Waals surface area contributed by atoms with Crippen LogP contribution in [0.4, 0.5) is 0 Å². The lowest BCUT2D eigenvalue weighted by Crippen LogP contribution is -1.91. The van der Waals surface area contributed by atoms with E-state index in [4.69, 9.17) is 20.8 Å². The van der Waals surface area contributed by atoms with Gasteiger partial charge >= 0.3 is 0 Å². The average molecular weight is 364 g/mol. The fourth-order valence-electron chi connectivity index (χ4n) is 1.96. The normalized spacial score (nSPS) is 12.1. The summed E-state index contributed by atoms with van der Waals surface area (Å²) in [5, 5.41) is -0.318. The number of para-hydroxylation sites is 1. The lowest BCUT2D eigenvalue weighted by molar-refractivity contribution is 0.481. The lowest BCUT2D eigenvalue weighted by Gasteiger charge is -2.09. The maximum absolute atomic E-state index is 6.40. The number of hydrogen-bond acceptors (Lipinski definition) is 2. The van der Waals surface area contributed by atoms with Crippen LogP contribution in [0.3, 0.4) is 0 Å². The highest BCUT2D eigenvalue weighted by Crippen LogP contribution is 2.32. The van der Waals surface area contributed by atoms with Gasteiger partial charge in [-0.25, -0.2) is 0 Å². The second-order valence-electron chi connectivity index (χ2n) is 4.49. The Hall–Kier alpha value is -1.71. The molecule has 0 aliphatic rings. The van der Waals surface area contributed by atoms with E-state index in [0.29, 0.717) is 10.4 Å². The number of ether oxygens (including phenoxy) is 1. The number of halogens is 2. The minimum absolute atomic E-state index is 0.318. The number of alkyl halides is 1. The molecule has 0 fully saturated rings. The van der Waals surface area contributed by atoms with Crippen molar-refractivity contribution in [2.24, 2.45) is 0 Å². The zero-order chi connectivity index (χ0) is 14.7. The molecule has 21 heavy (non-hydrogen) atoms. The van der Waals surface area contributed by atoms with Gasteiger partial charge in [0.2, 0.25) is 0 Å². The highest BCUT2D eigenvalue weighted by molar-refractivity contribution is 9.10. The van der Waals surface area contributed by atoms with Crippen molar-refractivity contribution in [2.75, 3.05) is 0 Å². The Morgan fingerprint density at radius 2 is 1.52 bits per heavy atom. The summed E-state index contributed by atoms with van der Waals surface area (Å²) < 4.78 is 11.9. The van der Waals surface area contributed by atoms with Crippen LogP contribution < -0.4 is 4.74 Å². The minimum atomic E-state index is -0.318. The van der Waals surface area contributed by atoms with E-state index in [1.165, 1.54) is 0 Å². The van der Waals surface area contributed by atoms with Gasteiger partial charge in [0.05, 0.1) is 0 Å². The second-order valence-corrected chi connectivity index (χ2v) is 5.71. The molecule has 0 saturated heterocycles. The molecule has 3 aromatic rings. The summed E-state index contributed by atoms with van der Waals surface area (Å²) in [4.78, 5) is 0. The smallest absolute Gasteiger partial charge is 0.169 e. The van der Waals surface area contributed by atoms with Crippen molar-refractivity contribution in [1.29, 1.82) is 0 Å². The third-order valence-corrected chi connectivity index (χ3v) is 3.89. The quantitative estimate of drug-likeness (QED) is 0.518. The van der Waals surface area contributed by atoms with Crippen LogP contribution >= 0.6 is 27.5 Å². The highest BCUT2D eigenvalue weighted by atomic mass is 79.9. The van der Waals surface area contributed by atoms with E-state index < -0.39 is 0 Å². The summed E-state index contributed by atoms with van der Waals surface area (Å²) in [5.41, 5.74) is 0.957. The molecule has 2 nitrogen and oxygen atoms in total. The zero-order valence-corrected chi connectivity index (χ0v) is 13.3. The van der Waals surface area contributed by atoms with Crippen LogP contribution in [0.1, 0.15) is 16.7 Å². The summed E-state index contributed by atoms with van der Waals surface area (Å²) in [6.45, 7) is 0. The van der Waals surface area contributed by atoms with Crippen molar-refractivity contribution >= 4 is 27.5 Å². The largest absolute Gasteiger partial charge is 0.457 e. The first-order valence-electron chi connectivity index (χ1n) is 6.44. The van der Waals surface area contributed by atoms with Gasteiger partial charge in [0.1, 0.15) is 22.6 Å². The van der Waals surface area contributed by atoms with Crippen molar-refractivity contribution in [1.82, 2.24) is 0 Å². The minimum Gasteiger partial charge on any atom is -0.457 e. The third-order valence-electron chi connectivity index (χ3n) is 3.00. The summed E-state index contributed by atoms with van der Waals surface area (Å²) in [6, 6.07) is 21.0. The molecule has 1 atom stereocenters. The van der Waals surface area contributed by atoms with E-state index in [-0.39, 0.29) is 5.38 Å². The van der Waals surface area contributed by atoms with Gasteiger partial charge in [-0.3, -0.25) is 0 Å². The Balaban J connectivity index is 1.75. The van der Waals surface area contributed by atoms with Gasteiger partial charge in [-0.15, -0.1) is 11.6 Å². The van der Waals surface area contributed by atoms with E-state index in [9.17, 15) is 0 Å². The fourth-order valence-corrected chi connectivity index (χ4v) is 2.54. The third kappa shape index (κ3) is 3.49. The topological polar surface area (TPSA) is 22.4 Å². The molecule has 0 amide bonds. The Bertz CT molecular complexity index is 707. The zero-order valence-electron chi connectivity index (χ0n) is 11.0. The van der Waals surface area contributed by atoms with Crippen molar-refractivity contribution in [3.63, 3.8) is 0 Å². The first kappa shape index (κ1) is 14.2. The van der Waals surface area contributed by atoms with E-state index in [1.54, 1.807) is 0 Å². The van der Waals surface area contributed by atoms with E-state index >= 15 is 0 Å². The fraction of sp³-hybridized carbons (Fsp3) is 0.0588. The molecule has 106 valence electrons. The number of rotatable bonds is 4. The second kappa shape index (κ2) is 6.37. The molecular formula is C17H12BrClO2. The van der Waals surface area contributed by atoms with Gasteiger partial charge in [0.25, 0.3) is 0 Å². The number of furan rings is 1. The average Bonchev–Trinajstić information content (AvgIpc) is 2.95. The summed E-state index contributed by atoms with van der Waals surface area (Å²) in [7, 11) is 0. The van der Waals surface area contributed by atoms with Crippen LogP contribution in [0.5, 0.6) is 11.5 Å². The van der Waals surface area contributed by atoms with Gasteiger partial charge in [-0.2, -0.15) is 0 Å². The van der Waals surface area contributed by atoms with E-state index in [2.05, 4.69) is 15.9 Å². The molecule has 3 rings (SSSR count). The molecule has 1 heterocycles. The Labute approximate surface area is 136 Å². The Kier molecular flexibility index (Phi) is 4.32. The first-order valence-corrected chi connectivity index (χ1v) is 7.67. The number of hydrogen-bond donors (Lipinski definition) is 0. The molecule has 1 unspecified atom stereocenters.